The fourth-order valence-corrected chi connectivity index (χ4v) is 3.95. The van der Waals surface area contributed by atoms with E-state index in [1.165, 1.54) is 10.4 Å². The van der Waals surface area contributed by atoms with Crippen molar-refractivity contribution < 1.29 is 4.74 Å². The van der Waals surface area contributed by atoms with Crippen molar-refractivity contribution in [2.45, 2.75) is 45.3 Å². The molecule has 3 nitrogen and oxygen atoms in total. The van der Waals surface area contributed by atoms with Crippen molar-refractivity contribution in [1.29, 1.82) is 0 Å². The Morgan fingerprint density at radius 2 is 2.04 bits per heavy atom. The molecule has 2 heterocycles. The Morgan fingerprint density at radius 3 is 2.72 bits per heavy atom. The number of aromatic nitrogens is 2. The summed E-state index contributed by atoms with van der Waals surface area (Å²) in [6, 6.07) is 12.4. The fraction of sp³-hybridized carbons (Fsp3) is 0.350. The number of halogens is 1. The summed E-state index contributed by atoms with van der Waals surface area (Å²) in [7, 11) is 0. The lowest BCUT2D eigenvalue weighted by molar-refractivity contribution is 0.168. The van der Waals surface area contributed by atoms with Gasteiger partial charge in [0, 0.05) is 17.3 Å². The van der Waals surface area contributed by atoms with Gasteiger partial charge in [-0.25, -0.2) is 4.98 Å². The molecule has 1 aromatic carbocycles. The Balaban J connectivity index is 1.73. The second-order valence-corrected chi connectivity index (χ2v) is 8.24. The maximum atomic E-state index is 6.43. The lowest BCUT2D eigenvalue weighted by atomic mass is 10.0. The molecule has 132 valence electrons. The number of aryl methyl sites for hydroxylation is 1. The lowest BCUT2D eigenvalue weighted by Gasteiger charge is -2.22. The number of imidazole rings is 1. The van der Waals surface area contributed by atoms with Gasteiger partial charge in [0.15, 0.2) is 0 Å². The van der Waals surface area contributed by atoms with Crippen LogP contribution in [0.5, 0.6) is 5.75 Å². The fourth-order valence-electron chi connectivity index (χ4n) is 2.85. The van der Waals surface area contributed by atoms with Crippen molar-refractivity contribution >= 4 is 22.9 Å². The van der Waals surface area contributed by atoms with Crippen LogP contribution in [0.3, 0.4) is 0 Å². The molecule has 0 N–H and O–H groups in total. The topological polar surface area (TPSA) is 27.1 Å². The first kappa shape index (κ1) is 18.0. The largest absolute Gasteiger partial charge is 0.488 e. The Hall–Kier alpha value is -1.78. The van der Waals surface area contributed by atoms with E-state index in [1.807, 2.05) is 24.7 Å². The minimum absolute atomic E-state index is 0.0787. The second kappa shape index (κ2) is 8.54. The van der Waals surface area contributed by atoms with Gasteiger partial charge in [0.2, 0.25) is 0 Å². The van der Waals surface area contributed by atoms with Gasteiger partial charge in [-0.1, -0.05) is 43.6 Å². The maximum Gasteiger partial charge on any atom is 0.123 e. The van der Waals surface area contributed by atoms with Gasteiger partial charge in [0.25, 0.3) is 0 Å². The van der Waals surface area contributed by atoms with E-state index < -0.39 is 0 Å². The highest BCUT2D eigenvalue weighted by Crippen LogP contribution is 2.28. The molecule has 0 aliphatic carbocycles. The van der Waals surface area contributed by atoms with Crippen LogP contribution in [-0.4, -0.2) is 15.7 Å². The van der Waals surface area contributed by atoms with E-state index in [0.29, 0.717) is 5.92 Å². The van der Waals surface area contributed by atoms with Gasteiger partial charge >= 0.3 is 0 Å². The second-order valence-electron chi connectivity index (χ2n) is 6.44. The Bertz CT molecular complexity index is 783. The van der Waals surface area contributed by atoms with Gasteiger partial charge in [-0.15, -0.1) is 11.3 Å². The third-order valence-corrected chi connectivity index (χ3v) is 5.44. The van der Waals surface area contributed by atoms with Crippen LogP contribution in [-0.2, 0) is 13.0 Å². The summed E-state index contributed by atoms with van der Waals surface area (Å²) in [5.74, 6) is 1.41. The third kappa shape index (κ3) is 5.10. The summed E-state index contributed by atoms with van der Waals surface area (Å²) >= 11 is 7.69. The monoisotopic (exact) mass is 374 g/mol. The summed E-state index contributed by atoms with van der Waals surface area (Å²) in [5.41, 5.74) is 1.25. The molecule has 3 rings (SSSR count). The van der Waals surface area contributed by atoms with Crippen LogP contribution in [0, 0.1) is 0 Å². The summed E-state index contributed by atoms with van der Waals surface area (Å²) in [6.07, 6.45) is 7.59. The number of thiophene rings is 1. The van der Waals surface area contributed by atoms with Crippen molar-refractivity contribution in [3.8, 4) is 5.75 Å². The van der Waals surface area contributed by atoms with E-state index in [0.717, 1.165) is 29.5 Å². The molecule has 1 atom stereocenters. The summed E-state index contributed by atoms with van der Waals surface area (Å²) < 4.78 is 9.35. The van der Waals surface area contributed by atoms with Crippen LogP contribution >= 0.6 is 22.9 Å². The van der Waals surface area contributed by atoms with E-state index in [1.54, 1.807) is 17.5 Å². The summed E-state index contributed by atoms with van der Waals surface area (Å²) in [5, 5.41) is 0. The maximum absolute atomic E-state index is 6.43. The van der Waals surface area contributed by atoms with Crippen molar-refractivity contribution in [3.05, 3.63) is 69.9 Å². The summed E-state index contributed by atoms with van der Waals surface area (Å²) in [4.78, 5) is 5.43. The highest BCUT2D eigenvalue weighted by atomic mass is 35.5. The predicted octanol–water partition coefficient (Wildman–Crippen LogP) is 5.80. The molecule has 2 aromatic heterocycles. The van der Waals surface area contributed by atoms with E-state index in [2.05, 4.69) is 47.7 Å². The number of hydrogen-bond acceptors (Lipinski definition) is 3. The first-order valence-corrected chi connectivity index (χ1v) is 9.77. The van der Waals surface area contributed by atoms with Crippen LogP contribution in [0.4, 0.5) is 0 Å². The zero-order valence-electron chi connectivity index (χ0n) is 14.6. The molecular weight excluding hydrogens is 352 g/mol. The standard InChI is InChI=1S/C20H23ClN2OS/c1-15(2)18-5-3-4-6-19(18)24-16(13-23-12-11-22-14-23)7-8-17-9-10-20(21)25-17/h3-6,9-12,14-16H,7-8,13H2,1-2H3. The molecular formula is C20H23ClN2OS. The SMILES string of the molecule is CC(C)c1ccccc1OC(CCc1ccc(Cl)s1)Cn1ccnc1. The van der Waals surface area contributed by atoms with E-state index in [4.69, 9.17) is 16.3 Å². The molecule has 0 amide bonds. The van der Waals surface area contributed by atoms with Crippen molar-refractivity contribution in [2.75, 3.05) is 0 Å². The molecule has 25 heavy (non-hydrogen) atoms. The van der Waals surface area contributed by atoms with Gasteiger partial charge in [0.1, 0.15) is 11.9 Å². The molecule has 0 radical (unpaired) electrons. The molecule has 0 spiro atoms. The van der Waals surface area contributed by atoms with Gasteiger partial charge in [-0.05, 0) is 42.5 Å². The van der Waals surface area contributed by atoms with Gasteiger partial charge in [0.05, 0.1) is 17.2 Å². The number of ether oxygens (including phenoxy) is 1. The quantitative estimate of drug-likeness (QED) is 0.498. The highest BCUT2D eigenvalue weighted by Gasteiger charge is 2.16. The highest BCUT2D eigenvalue weighted by molar-refractivity contribution is 7.16. The van der Waals surface area contributed by atoms with Crippen molar-refractivity contribution in [3.63, 3.8) is 0 Å². The Morgan fingerprint density at radius 1 is 1.20 bits per heavy atom. The van der Waals surface area contributed by atoms with Gasteiger partial charge < -0.3 is 9.30 Å². The average Bonchev–Trinajstić information content (AvgIpc) is 3.24. The molecule has 0 fully saturated rings. The minimum atomic E-state index is 0.0787. The number of nitrogens with zero attached hydrogens (tertiary/aromatic N) is 2. The van der Waals surface area contributed by atoms with Crippen molar-refractivity contribution in [2.24, 2.45) is 0 Å². The van der Waals surface area contributed by atoms with Crippen molar-refractivity contribution in [1.82, 2.24) is 9.55 Å². The van der Waals surface area contributed by atoms with E-state index >= 15 is 0 Å². The molecule has 3 aromatic rings. The zero-order chi connectivity index (χ0) is 17.6. The number of rotatable bonds is 8. The lowest BCUT2D eigenvalue weighted by Crippen LogP contribution is -2.24. The molecule has 5 heteroatoms. The van der Waals surface area contributed by atoms with Gasteiger partial charge in [-0.3, -0.25) is 0 Å². The molecule has 0 saturated carbocycles. The molecule has 1 unspecified atom stereocenters. The van der Waals surface area contributed by atoms with Crippen LogP contribution < -0.4 is 4.74 Å². The molecule has 0 bridgehead atoms. The average molecular weight is 375 g/mol. The minimum Gasteiger partial charge on any atom is -0.488 e. The Labute approximate surface area is 158 Å². The van der Waals surface area contributed by atoms with Crippen LogP contribution in [0.1, 0.15) is 36.6 Å². The normalized spacial score (nSPS) is 12.5. The van der Waals surface area contributed by atoms with Gasteiger partial charge in [-0.2, -0.15) is 0 Å². The predicted molar refractivity (Wildman–Crippen MR) is 105 cm³/mol. The number of hydrogen-bond donors (Lipinski definition) is 0. The van der Waals surface area contributed by atoms with E-state index in [9.17, 15) is 0 Å². The molecule has 0 aliphatic heterocycles. The first-order valence-electron chi connectivity index (χ1n) is 8.57. The number of benzene rings is 1. The van der Waals surface area contributed by atoms with Crippen LogP contribution in [0.15, 0.2) is 55.1 Å². The van der Waals surface area contributed by atoms with E-state index in [-0.39, 0.29) is 6.10 Å². The zero-order valence-corrected chi connectivity index (χ0v) is 16.1. The van der Waals surface area contributed by atoms with Crippen LogP contribution in [0.2, 0.25) is 4.34 Å². The first-order chi connectivity index (χ1) is 12.1. The van der Waals surface area contributed by atoms with Crippen LogP contribution in [0.25, 0.3) is 0 Å². The Kier molecular flexibility index (Phi) is 6.16. The molecule has 0 aliphatic rings. The number of para-hydroxylation sites is 1. The smallest absolute Gasteiger partial charge is 0.123 e. The third-order valence-electron chi connectivity index (χ3n) is 4.15. The summed E-state index contributed by atoms with van der Waals surface area (Å²) in [6.45, 7) is 5.17. The molecule has 0 saturated heterocycles.